The Balaban J connectivity index is 1.42. The Morgan fingerprint density at radius 3 is 2.36 bits per heavy atom. The average molecular weight is 334 g/mol. The molecule has 2 aromatic heterocycles. The Hall–Kier alpha value is -3.15. The zero-order valence-corrected chi connectivity index (χ0v) is 13.9. The number of pyridine rings is 1. The third-order valence-corrected chi connectivity index (χ3v) is 4.48. The molecule has 1 aromatic carbocycles. The molecule has 0 bridgehead atoms. The lowest BCUT2D eigenvalue weighted by molar-refractivity contribution is -0.377. The predicted octanol–water partition coefficient (Wildman–Crippen LogP) is 1.65. The van der Waals surface area contributed by atoms with Gasteiger partial charge in [0, 0.05) is 50.2 Å². The van der Waals surface area contributed by atoms with Gasteiger partial charge in [0.25, 0.3) is 5.91 Å². The van der Waals surface area contributed by atoms with Crippen LogP contribution in [0.5, 0.6) is 0 Å². The minimum atomic E-state index is 0.0447. The molecule has 1 amide bonds. The highest BCUT2D eigenvalue weighted by Gasteiger charge is 2.23. The van der Waals surface area contributed by atoms with Crippen molar-refractivity contribution >= 4 is 11.6 Å². The van der Waals surface area contributed by atoms with E-state index in [9.17, 15) is 4.79 Å². The Labute approximate surface area is 146 Å². The second-order valence-corrected chi connectivity index (χ2v) is 6.05. The highest BCUT2D eigenvalue weighted by atomic mass is 16.2. The van der Waals surface area contributed by atoms with E-state index in [2.05, 4.69) is 27.1 Å². The number of aromatic amines is 1. The summed E-state index contributed by atoms with van der Waals surface area (Å²) in [7, 11) is 0. The van der Waals surface area contributed by atoms with Crippen LogP contribution < -0.4 is 9.88 Å². The van der Waals surface area contributed by atoms with E-state index in [0.717, 1.165) is 18.8 Å². The normalized spacial score (nSPS) is 14.6. The predicted molar refractivity (Wildman–Crippen MR) is 94.7 cm³/mol. The quantitative estimate of drug-likeness (QED) is 0.732. The highest BCUT2D eigenvalue weighted by molar-refractivity contribution is 5.94. The summed E-state index contributed by atoms with van der Waals surface area (Å²) in [5.74, 6) is 0.0447. The van der Waals surface area contributed by atoms with Crippen LogP contribution in [0.4, 0.5) is 5.69 Å². The summed E-state index contributed by atoms with van der Waals surface area (Å²) in [5.41, 5.74) is 2.77. The fourth-order valence-electron chi connectivity index (χ4n) is 3.09. The van der Waals surface area contributed by atoms with E-state index in [0.29, 0.717) is 18.7 Å². The molecule has 3 aromatic rings. The van der Waals surface area contributed by atoms with Gasteiger partial charge in [-0.15, -0.1) is 0 Å². The molecule has 1 N–H and O–H groups in total. The smallest absolute Gasteiger partial charge is 0.257 e. The number of carbonyl (C=O) groups excluding carboxylic acids is 1. The van der Waals surface area contributed by atoms with Crippen molar-refractivity contribution in [1.82, 2.24) is 14.7 Å². The Bertz CT molecular complexity index is 839. The molecule has 0 unspecified atom stereocenters. The van der Waals surface area contributed by atoms with Gasteiger partial charge in [0.05, 0.1) is 17.4 Å². The standard InChI is InChI=1S/C19H19N5O/c25-19(16-14-21-24(15-16)18-4-2-1-3-5-18)23-12-10-22(11-13-23)17-6-8-20-9-7-17/h1-9,14-15H,10-13H2/p+1. The summed E-state index contributed by atoms with van der Waals surface area (Å²) in [6, 6.07) is 13.9. The number of piperazine rings is 1. The number of H-pyrrole nitrogens is 1. The number of nitrogens with one attached hydrogen (secondary N) is 1. The maximum Gasteiger partial charge on any atom is 0.257 e. The highest BCUT2D eigenvalue weighted by Crippen LogP contribution is 2.16. The monoisotopic (exact) mass is 334 g/mol. The van der Waals surface area contributed by atoms with E-state index in [4.69, 9.17) is 0 Å². The van der Waals surface area contributed by atoms with Gasteiger partial charge in [-0.05, 0) is 12.1 Å². The number of hydrogen-bond donors (Lipinski definition) is 0. The summed E-state index contributed by atoms with van der Waals surface area (Å²) >= 11 is 0. The number of rotatable bonds is 3. The minimum absolute atomic E-state index is 0.0447. The first-order chi connectivity index (χ1) is 12.3. The summed E-state index contributed by atoms with van der Waals surface area (Å²) in [6.07, 6.45) is 7.29. The van der Waals surface area contributed by atoms with Crippen LogP contribution in [0, 0.1) is 0 Å². The molecule has 1 aliphatic heterocycles. The molecule has 0 aliphatic carbocycles. The molecule has 1 aliphatic rings. The zero-order valence-electron chi connectivity index (χ0n) is 13.9. The van der Waals surface area contributed by atoms with Crippen LogP contribution in [0.3, 0.4) is 0 Å². The first-order valence-corrected chi connectivity index (χ1v) is 8.42. The second-order valence-electron chi connectivity index (χ2n) is 6.05. The zero-order chi connectivity index (χ0) is 17.1. The van der Waals surface area contributed by atoms with E-state index < -0.39 is 0 Å². The number of para-hydroxylation sites is 1. The molecule has 25 heavy (non-hydrogen) atoms. The first kappa shape index (κ1) is 15.4. The van der Waals surface area contributed by atoms with Crippen LogP contribution in [0.1, 0.15) is 10.4 Å². The van der Waals surface area contributed by atoms with Gasteiger partial charge in [-0.25, -0.2) is 9.67 Å². The van der Waals surface area contributed by atoms with Gasteiger partial charge >= 0.3 is 0 Å². The Morgan fingerprint density at radius 2 is 1.64 bits per heavy atom. The van der Waals surface area contributed by atoms with Gasteiger partial charge in [0.15, 0.2) is 12.4 Å². The van der Waals surface area contributed by atoms with E-state index in [1.807, 2.05) is 47.6 Å². The number of hydrogen-bond acceptors (Lipinski definition) is 3. The topological polar surface area (TPSA) is 55.5 Å². The summed E-state index contributed by atoms with van der Waals surface area (Å²) in [4.78, 5) is 20.0. The van der Waals surface area contributed by atoms with Crippen molar-refractivity contribution in [3.8, 4) is 5.69 Å². The largest absolute Gasteiger partial charge is 0.368 e. The number of nitrogens with zero attached hydrogens (tertiary/aromatic N) is 4. The number of aromatic nitrogens is 3. The van der Waals surface area contributed by atoms with Gasteiger partial charge in [0.2, 0.25) is 0 Å². The molecule has 4 rings (SSSR count). The Morgan fingerprint density at radius 1 is 0.920 bits per heavy atom. The molecule has 1 fully saturated rings. The molecule has 1 saturated heterocycles. The van der Waals surface area contributed by atoms with E-state index >= 15 is 0 Å². The maximum absolute atomic E-state index is 12.7. The summed E-state index contributed by atoms with van der Waals surface area (Å²) in [6.45, 7) is 3.10. The first-order valence-electron chi connectivity index (χ1n) is 8.42. The van der Waals surface area contributed by atoms with Crippen molar-refractivity contribution in [3.05, 3.63) is 72.8 Å². The van der Waals surface area contributed by atoms with Gasteiger partial charge in [0.1, 0.15) is 0 Å². The molecular formula is C19H20N5O+. The molecule has 0 spiro atoms. The number of anilines is 1. The number of amides is 1. The van der Waals surface area contributed by atoms with Crippen molar-refractivity contribution in [3.63, 3.8) is 0 Å². The van der Waals surface area contributed by atoms with Crippen molar-refractivity contribution in [1.29, 1.82) is 0 Å². The maximum atomic E-state index is 12.7. The van der Waals surface area contributed by atoms with E-state index in [-0.39, 0.29) is 5.91 Å². The van der Waals surface area contributed by atoms with Crippen molar-refractivity contribution in [2.75, 3.05) is 31.1 Å². The SMILES string of the molecule is O=C(c1cnn(-c2ccccc2)c1)N1CCN(c2cc[nH+]cc2)CC1. The van der Waals surface area contributed by atoms with Crippen molar-refractivity contribution in [2.24, 2.45) is 0 Å². The minimum Gasteiger partial charge on any atom is -0.368 e. The van der Waals surface area contributed by atoms with Gasteiger partial charge in [-0.3, -0.25) is 4.79 Å². The molecule has 6 nitrogen and oxygen atoms in total. The average Bonchev–Trinajstić information content (AvgIpc) is 3.19. The van der Waals surface area contributed by atoms with Crippen LogP contribution in [-0.2, 0) is 0 Å². The fourth-order valence-corrected chi connectivity index (χ4v) is 3.09. The van der Waals surface area contributed by atoms with Gasteiger partial charge in [-0.1, -0.05) is 18.2 Å². The van der Waals surface area contributed by atoms with Crippen LogP contribution in [-0.4, -0.2) is 46.8 Å². The van der Waals surface area contributed by atoms with Gasteiger partial charge in [-0.2, -0.15) is 5.10 Å². The molecule has 6 heteroatoms. The molecule has 0 atom stereocenters. The lowest BCUT2D eigenvalue weighted by Gasteiger charge is -2.35. The summed E-state index contributed by atoms with van der Waals surface area (Å²) in [5, 5.41) is 4.32. The van der Waals surface area contributed by atoms with E-state index in [1.165, 1.54) is 5.69 Å². The lowest BCUT2D eigenvalue weighted by atomic mass is 10.2. The second kappa shape index (κ2) is 6.76. The third-order valence-electron chi connectivity index (χ3n) is 4.48. The van der Waals surface area contributed by atoms with Crippen LogP contribution in [0.2, 0.25) is 0 Å². The summed E-state index contributed by atoms with van der Waals surface area (Å²) < 4.78 is 1.74. The molecule has 3 heterocycles. The Kier molecular flexibility index (Phi) is 4.16. The van der Waals surface area contributed by atoms with Crippen LogP contribution in [0.15, 0.2) is 67.3 Å². The van der Waals surface area contributed by atoms with Crippen molar-refractivity contribution in [2.45, 2.75) is 0 Å². The van der Waals surface area contributed by atoms with E-state index in [1.54, 1.807) is 17.1 Å². The third kappa shape index (κ3) is 3.24. The van der Waals surface area contributed by atoms with Crippen LogP contribution >= 0.6 is 0 Å². The number of benzene rings is 1. The molecule has 126 valence electrons. The lowest BCUT2D eigenvalue weighted by Crippen LogP contribution is -2.48. The molecule has 0 radical (unpaired) electrons. The van der Waals surface area contributed by atoms with Gasteiger partial charge < -0.3 is 9.80 Å². The van der Waals surface area contributed by atoms with Crippen LogP contribution in [0.25, 0.3) is 5.69 Å². The van der Waals surface area contributed by atoms with Crippen molar-refractivity contribution < 1.29 is 9.78 Å². The fraction of sp³-hybridized carbons (Fsp3) is 0.211. The molecular weight excluding hydrogens is 314 g/mol. The number of carbonyl (C=O) groups is 1. The molecule has 0 saturated carbocycles.